The van der Waals surface area contributed by atoms with Gasteiger partial charge in [-0.3, -0.25) is 9.69 Å². The number of ether oxygens (including phenoxy) is 1. The summed E-state index contributed by atoms with van der Waals surface area (Å²) in [7, 11) is 0. The molecule has 0 aromatic heterocycles. The lowest BCUT2D eigenvalue weighted by Gasteiger charge is -2.26. The van der Waals surface area contributed by atoms with E-state index in [-0.39, 0.29) is 0 Å². The van der Waals surface area contributed by atoms with E-state index in [1.54, 1.807) is 12.1 Å². The van der Waals surface area contributed by atoms with Crippen LogP contribution < -0.4 is 10.5 Å². The van der Waals surface area contributed by atoms with Gasteiger partial charge in [-0.1, -0.05) is 22.4 Å². The quantitative estimate of drug-likeness (QED) is 0.904. The lowest BCUT2D eigenvalue weighted by Crippen LogP contribution is -2.33. The number of amides is 1. The highest BCUT2D eigenvalue weighted by atomic mass is 79.9. The zero-order valence-electron chi connectivity index (χ0n) is 10.9. The molecule has 1 aliphatic rings. The summed E-state index contributed by atoms with van der Waals surface area (Å²) in [6.07, 6.45) is 3.87. The predicted octanol–water partition coefficient (Wildman–Crippen LogP) is 2.41. The van der Waals surface area contributed by atoms with E-state index in [2.05, 4.69) is 20.8 Å². The van der Waals surface area contributed by atoms with Crippen LogP contribution in [0.4, 0.5) is 0 Å². The van der Waals surface area contributed by atoms with Gasteiger partial charge in [-0.25, -0.2) is 0 Å². The SMILES string of the molecule is NC(=O)c1cc(Br)ccc1OCCN1CCCCC1. The van der Waals surface area contributed by atoms with Crippen LogP contribution in [0.1, 0.15) is 29.6 Å². The van der Waals surface area contributed by atoms with Gasteiger partial charge in [-0.15, -0.1) is 0 Å². The molecule has 1 aromatic carbocycles. The van der Waals surface area contributed by atoms with E-state index < -0.39 is 5.91 Å². The smallest absolute Gasteiger partial charge is 0.252 e. The standard InChI is InChI=1S/C14H19BrN2O2/c15-11-4-5-13(12(10-11)14(16)18)19-9-8-17-6-2-1-3-7-17/h4-5,10H,1-3,6-9H2,(H2,16,18). The summed E-state index contributed by atoms with van der Waals surface area (Å²) in [5, 5.41) is 0. The molecule has 0 radical (unpaired) electrons. The number of halogens is 1. The topological polar surface area (TPSA) is 55.6 Å². The van der Waals surface area contributed by atoms with Crippen LogP contribution in [-0.4, -0.2) is 37.0 Å². The number of carbonyl (C=O) groups excluding carboxylic acids is 1. The maximum Gasteiger partial charge on any atom is 0.252 e. The summed E-state index contributed by atoms with van der Waals surface area (Å²) in [6.45, 7) is 3.77. The Kier molecular flexibility index (Phi) is 5.22. The maximum atomic E-state index is 11.3. The fourth-order valence-corrected chi connectivity index (χ4v) is 2.65. The normalized spacial score (nSPS) is 16.3. The summed E-state index contributed by atoms with van der Waals surface area (Å²) in [5.74, 6) is 0.0991. The van der Waals surface area contributed by atoms with E-state index in [9.17, 15) is 4.79 Å². The van der Waals surface area contributed by atoms with Crippen molar-refractivity contribution in [1.29, 1.82) is 0 Å². The van der Waals surface area contributed by atoms with Gasteiger partial charge in [0.15, 0.2) is 0 Å². The maximum absolute atomic E-state index is 11.3. The molecule has 1 aliphatic heterocycles. The van der Waals surface area contributed by atoms with Crippen molar-refractivity contribution in [1.82, 2.24) is 4.90 Å². The number of piperidine rings is 1. The van der Waals surface area contributed by atoms with E-state index in [0.717, 1.165) is 24.1 Å². The second kappa shape index (κ2) is 6.91. The summed E-state index contributed by atoms with van der Waals surface area (Å²) in [5.41, 5.74) is 5.77. The Labute approximate surface area is 122 Å². The molecule has 19 heavy (non-hydrogen) atoms. The molecule has 0 unspecified atom stereocenters. The van der Waals surface area contributed by atoms with Crippen LogP contribution in [0.15, 0.2) is 22.7 Å². The number of benzene rings is 1. The van der Waals surface area contributed by atoms with Crippen LogP contribution >= 0.6 is 15.9 Å². The van der Waals surface area contributed by atoms with Gasteiger partial charge >= 0.3 is 0 Å². The Morgan fingerprint density at radius 2 is 2.05 bits per heavy atom. The van der Waals surface area contributed by atoms with Gasteiger partial charge in [0, 0.05) is 11.0 Å². The molecule has 0 aliphatic carbocycles. The van der Waals surface area contributed by atoms with Crippen LogP contribution in [0.2, 0.25) is 0 Å². The molecular weight excluding hydrogens is 308 g/mol. The lowest BCUT2D eigenvalue weighted by atomic mass is 10.1. The summed E-state index contributed by atoms with van der Waals surface area (Å²) < 4.78 is 6.52. The Balaban J connectivity index is 1.89. The lowest BCUT2D eigenvalue weighted by molar-refractivity contribution is 0.0995. The number of primary amides is 1. The van der Waals surface area contributed by atoms with E-state index in [1.807, 2.05) is 6.07 Å². The van der Waals surface area contributed by atoms with Gasteiger partial charge < -0.3 is 10.5 Å². The predicted molar refractivity (Wildman–Crippen MR) is 78.4 cm³/mol. The first-order chi connectivity index (χ1) is 9.16. The zero-order valence-corrected chi connectivity index (χ0v) is 12.5. The van der Waals surface area contributed by atoms with E-state index in [1.165, 1.54) is 19.3 Å². The first-order valence-corrected chi connectivity index (χ1v) is 7.40. The first kappa shape index (κ1) is 14.3. The molecule has 4 nitrogen and oxygen atoms in total. The van der Waals surface area contributed by atoms with Gasteiger partial charge in [-0.2, -0.15) is 0 Å². The Bertz CT molecular complexity index is 445. The van der Waals surface area contributed by atoms with Crippen molar-refractivity contribution in [3.8, 4) is 5.75 Å². The molecule has 1 saturated heterocycles. The van der Waals surface area contributed by atoms with Crippen molar-refractivity contribution in [3.05, 3.63) is 28.2 Å². The van der Waals surface area contributed by atoms with Gasteiger partial charge in [-0.05, 0) is 44.1 Å². The third-order valence-corrected chi connectivity index (χ3v) is 3.81. The Morgan fingerprint density at radius 1 is 1.32 bits per heavy atom. The molecule has 1 amide bonds. The van der Waals surface area contributed by atoms with Crippen LogP contribution in [0, 0.1) is 0 Å². The molecular formula is C14H19BrN2O2. The molecule has 1 fully saturated rings. The molecule has 5 heteroatoms. The van der Waals surface area contributed by atoms with Crippen LogP contribution in [0.3, 0.4) is 0 Å². The highest BCUT2D eigenvalue weighted by molar-refractivity contribution is 9.10. The highest BCUT2D eigenvalue weighted by Crippen LogP contribution is 2.22. The van der Waals surface area contributed by atoms with Crippen molar-refractivity contribution < 1.29 is 9.53 Å². The average molecular weight is 327 g/mol. The minimum absolute atomic E-state index is 0.424. The molecule has 0 saturated carbocycles. The number of nitrogens with zero attached hydrogens (tertiary/aromatic N) is 1. The molecule has 1 aromatic rings. The van der Waals surface area contributed by atoms with Gasteiger partial charge in [0.25, 0.3) is 5.91 Å². The zero-order chi connectivity index (χ0) is 13.7. The van der Waals surface area contributed by atoms with Crippen LogP contribution in [0.25, 0.3) is 0 Å². The Morgan fingerprint density at radius 3 is 2.74 bits per heavy atom. The second-order valence-corrected chi connectivity index (χ2v) is 5.67. The van der Waals surface area contributed by atoms with E-state index in [0.29, 0.717) is 17.9 Å². The molecule has 104 valence electrons. The number of carbonyl (C=O) groups is 1. The van der Waals surface area contributed by atoms with Crippen molar-refractivity contribution in [2.24, 2.45) is 5.73 Å². The Hall–Kier alpha value is -1.07. The van der Waals surface area contributed by atoms with E-state index in [4.69, 9.17) is 10.5 Å². The van der Waals surface area contributed by atoms with E-state index >= 15 is 0 Å². The number of likely N-dealkylation sites (tertiary alicyclic amines) is 1. The van der Waals surface area contributed by atoms with Gasteiger partial charge in [0.1, 0.15) is 12.4 Å². The third kappa shape index (κ3) is 4.21. The van der Waals surface area contributed by atoms with Crippen molar-refractivity contribution >= 4 is 21.8 Å². The summed E-state index contributed by atoms with van der Waals surface area (Å²) in [6, 6.07) is 5.32. The molecule has 2 N–H and O–H groups in total. The fourth-order valence-electron chi connectivity index (χ4n) is 2.29. The second-order valence-electron chi connectivity index (χ2n) is 4.76. The van der Waals surface area contributed by atoms with Gasteiger partial charge in [0.05, 0.1) is 5.56 Å². The fraction of sp³-hybridized carbons (Fsp3) is 0.500. The average Bonchev–Trinajstić information content (AvgIpc) is 2.41. The molecule has 2 rings (SSSR count). The number of rotatable bonds is 5. The summed E-state index contributed by atoms with van der Waals surface area (Å²) in [4.78, 5) is 13.7. The molecule has 1 heterocycles. The minimum Gasteiger partial charge on any atom is -0.491 e. The number of hydrogen-bond acceptors (Lipinski definition) is 3. The minimum atomic E-state index is -0.464. The van der Waals surface area contributed by atoms with Crippen molar-refractivity contribution in [3.63, 3.8) is 0 Å². The largest absolute Gasteiger partial charge is 0.491 e. The number of hydrogen-bond donors (Lipinski definition) is 1. The molecule has 0 spiro atoms. The van der Waals surface area contributed by atoms with Gasteiger partial charge in [0.2, 0.25) is 0 Å². The van der Waals surface area contributed by atoms with Crippen molar-refractivity contribution in [2.45, 2.75) is 19.3 Å². The van der Waals surface area contributed by atoms with Crippen molar-refractivity contribution in [2.75, 3.05) is 26.2 Å². The molecule has 0 atom stereocenters. The number of nitrogens with two attached hydrogens (primary N) is 1. The van der Waals surface area contributed by atoms with Crippen LogP contribution in [-0.2, 0) is 0 Å². The monoisotopic (exact) mass is 326 g/mol. The van der Waals surface area contributed by atoms with Crippen LogP contribution in [0.5, 0.6) is 5.75 Å². The molecule has 0 bridgehead atoms. The third-order valence-electron chi connectivity index (χ3n) is 3.32. The highest BCUT2D eigenvalue weighted by Gasteiger charge is 2.12. The first-order valence-electron chi connectivity index (χ1n) is 6.61. The summed E-state index contributed by atoms with van der Waals surface area (Å²) >= 11 is 3.32.